The van der Waals surface area contributed by atoms with E-state index in [-0.39, 0.29) is 23.4 Å². The first-order valence-electron chi connectivity index (χ1n) is 9.13. The highest BCUT2D eigenvalue weighted by molar-refractivity contribution is 7.89. The number of sulfonamides is 1. The molecule has 0 saturated heterocycles. The Morgan fingerprint density at radius 1 is 1.11 bits per heavy atom. The number of benzene rings is 2. The fourth-order valence-electron chi connectivity index (χ4n) is 3.00. The Hall–Kier alpha value is -2.64. The summed E-state index contributed by atoms with van der Waals surface area (Å²) in [6.07, 6.45) is 3.03. The standard InChI is InChI=1S/C21H24N2O4S/c1-16(9-11-19-8-5-13-27-19)22-21(24)15-23(2)28(25,26)20-12-10-17-6-3-4-7-18(17)14-20/h3-8,10,12-14,16H,9,11,15H2,1-2H3,(H,22,24)/t16-/m0/s1. The number of nitrogens with one attached hydrogen (secondary N) is 1. The van der Waals surface area contributed by atoms with Gasteiger partial charge in [0.25, 0.3) is 0 Å². The summed E-state index contributed by atoms with van der Waals surface area (Å²) in [4.78, 5) is 12.4. The third-order valence-electron chi connectivity index (χ3n) is 4.61. The summed E-state index contributed by atoms with van der Waals surface area (Å²) < 4.78 is 32.0. The molecule has 6 nitrogen and oxygen atoms in total. The second kappa shape index (κ2) is 8.58. The number of aryl methyl sites for hydroxylation is 1. The lowest BCUT2D eigenvalue weighted by Gasteiger charge is -2.19. The van der Waals surface area contributed by atoms with Gasteiger partial charge in [-0.15, -0.1) is 0 Å². The zero-order valence-electron chi connectivity index (χ0n) is 16.0. The number of hydrogen-bond donors (Lipinski definition) is 1. The number of carbonyl (C=O) groups excluding carboxylic acids is 1. The summed E-state index contributed by atoms with van der Waals surface area (Å²) in [5.41, 5.74) is 0. The Labute approximate surface area is 165 Å². The van der Waals surface area contributed by atoms with E-state index in [1.54, 1.807) is 24.5 Å². The number of nitrogens with zero attached hydrogens (tertiary/aromatic N) is 1. The number of fused-ring (bicyclic) bond motifs is 1. The van der Waals surface area contributed by atoms with Gasteiger partial charge in [-0.1, -0.05) is 30.3 Å². The molecule has 1 heterocycles. The highest BCUT2D eigenvalue weighted by Gasteiger charge is 2.23. The van der Waals surface area contributed by atoms with Crippen molar-refractivity contribution in [2.24, 2.45) is 0 Å². The van der Waals surface area contributed by atoms with Crippen LogP contribution in [0, 0.1) is 0 Å². The third kappa shape index (κ3) is 4.79. The van der Waals surface area contributed by atoms with Crippen molar-refractivity contribution in [2.45, 2.75) is 30.7 Å². The molecule has 1 amide bonds. The van der Waals surface area contributed by atoms with Crippen LogP contribution in [0.3, 0.4) is 0 Å². The van der Waals surface area contributed by atoms with E-state index in [2.05, 4.69) is 5.32 Å². The van der Waals surface area contributed by atoms with Crippen molar-refractivity contribution in [3.8, 4) is 0 Å². The second-order valence-corrected chi connectivity index (χ2v) is 8.90. The Bertz CT molecular complexity index is 1050. The molecule has 0 saturated carbocycles. The number of rotatable bonds is 8. The minimum absolute atomic E-state index is 0.0885. The van der Waals surface area contributed by atoms with Crippen molar-refractivity contribution in [2.75, 3.05) is 13.6 Å². The van der Waals surface area contributed by atoms with Crippen LogP contribution in [0.15, 0.2) is 70.2 Å². The average Bonchev–Trinajstić information content (AvgIpc) is 3.19. The van der Waals surface area contributed by atoms with Crippen LogP contribution in [0.2, 0.25) is 0 Å². The summed E-state index contributed by atoms with van der Waals surface area (Å²) in [6, 6.07) is 16.1. The number of amides is 1. The predicted molar refractivity (Wildman–Crippen MR) is 108 cm³/mol. The number of hydrogen-bond acceptors (Lipinski definition) is 4. The monoisotopic (exact) mass is 400 g/mol. The van der Waals surface area contributed by atoms with E-state index < -0.39 is 10.0 Å². The van der Waals surface area contributed by atoms with Crippen molar-refractivity contribution in [1.29, 1.82) is 0 Å². The van der Waals surface area contributed by atoms with Crippen LogP contribution >= 0.6 is 0 Å². The fourth-order valence-corrected chi connectivity index (χ4v) is 4.16. The number of carbonyl (C=O) groups is 1. The summed E-state index contributed by atoms with van der Waals surface area (Å²) in [5, 5.41) is 4.65. The first-order valence-corrected chi connectivity index (χ1v) is 10.6. The molecule has 0 fully saturated rings. The van der Waals surface area contributed by atoms with E-state index in [0.29, 0.717) is 12.8 Å². The summed E-state index contributed by atoms with van der Waals surface area (Å²) in [6.45, 7) is 1.65. The van der Waals surface area contributed by atoms with Gasteiger partial charge in [-0.3, -0.25) is 4.79 Å². The molecule has 0 aliphatic carbocycles. The molecule has 1 atom stereocenters. The molecule has 1 aromatic heterocycles. The maximum atomic E-state index is 12.8. The quantitative estimate of drug-likeness (QED) is 0.630. The van der Waals surface area contributed by atoms with Crippen LogP contribution in [-0.4, -0.2) is 38.3 Å². The molecule has 0 bridgehead atoms. The first kappa shape index (κ1) is 20.1. The summed E-state index contributed by atoms with van der Waals surface area (Å²) in [5.74, 6) is 0.524. The van der Waals surface area contributed by atoms with Crippen molar-refractivity contribution >= 4 is 26.7 Å². The molecule has 0 radical (unpaired) electrons. The van der Waals surface area contributed by atoms with E-state index in [9.17, 15) is 13.2 Å². The smallest absolute Gasteiger partial charge is 0.243 e. The SMILES string of the molecule is C[C@@H](CCc1ccco1)NC(=O)CN(C)S(=O)(=O)c1ccc2ccccc2c1. The second-order valence-electron chi connectivity index (χ2n) is 6.86. The maximum Gasteiger partial charge on any atom is 0.243 e. The Morgan fingerprint density at radius 2 is 1.86 bits per heavy atom. The van der Waals surface area contributed by atoms with Crippen LogP contribution in [0.5, 0.6) is 0 Å². The third-order valence-corrected chi connectivity index (χ3v) is 6.41. The van der Waals surface area contributed by atoms with Crippen LogP contribution in [0.25, 0.3) is 10.8 Å². The maximum absolute atomic E-state index is 12.8. The van der Waals surface area contributed by atoms with E-state index in [1.807, 2.05) is 43.3 Å². The largest absolute Gasteiger partial charge is 0.469 e. The molecule has 0 aliphatic heterocycles. The molecule has 0 aliphatic rings. The van der Waals surface area contributed by atoms with Gasteiger partial charge in [0.05, 0.1) is 17.7 Å². The van der Waals surface area contributed by atoms with Crippen LogP contribution in [0.1, 0.15) is 19.1 Å². The average molecular weight is 401 g/mol. The molecular weight excluding hydrogens is 376 g/mol. The fraction of sp³-hybridized carbons (Fsp3) is 0.286. The number of likely N-dealkylation sites (N-methyl/N-ethyl adjacent to an activating group) is 1. The molecule has 2 aromatic carbocycles. The number of furan rings is 1. The Morgan fingerprint density at radius 3 is 2.57 bits per heavy atom. The molecule has 148 valence electrons. The van der Waals surface area contributed by atoms with Gasteiger partial charge in [-0.05, 0) is 48.4 Å². The first-order chi connectivity index (χ1) is 13.4. The van der Waals surface area contributed by atoms with Crippen molar-refractivity contribution in [3.05, 3.63) is 66.6 Å². The summed E-state index contributed by atoms with van der Waals surface area (Å²) in [7, 11) is -2.34. The normalized spacial score (nSPS) is 13.0. The molecule has 0 unspecified atom stereocenters. The molecule has 0 spiro atoms. The zero-order chi connectivity index (χ0) is 20.1. The van der Waals surface area contributed by atoms with Gasteiger partial charge in [0, 0.05) is 19.5 Å². The van der Waals surface area contributed by atoms with Crippen molar-refractivity contribution in [3.63, 3.8) is 0 Å². The lowest BCUT2D eigenvalue weighted by Crippen LogP contribution is -2.41. The van der Waals surface area contributed by atoms with E-state index in [1.165, 1.54) is 7.05 Å². The van der Waals surface area contributed by atoms with E-state index in [4.69, 9.17) is 4.42 Å². The zero-order valence-corrected chi connectivity index (χ0v) is 16.8. The topological polar surface area (TPSA) is 79.6 Å². The Kier molecular flexibility index (Phi) is 6.16. The lowest BCUT2D eigenvalue weighted by atomic mass is 10.1. The molecule has 1 N–H and O–H groups in total. The molecule has 28 heavy (non-hydrogen) atoms. The van der Waals surface area contributed by atoms with Crippen molar-refractivity contribution < 1.29 is 17.6 Å². The van der Waals surface area contributed by atoms with Crippen LogP contribution in [0.4, 0.5) is 0 Å². The van der Waals surface area contributed by atoms with Gasteiger partial charge in [-0.2, -0.15) is 4.31 Å². The minimum Gasteiger partial charge on any atom is -0.469 e. The molecule has 3 rings (SSSR count). The molecule has 7 heteroatoms. The highest BCUT2D eigenvalue weighted by atomic mass is 32.2. The van der Waals surface area contributed by atoms with Gasteiger partial charge < -0.3 is 9.73 Å². The van der Waals surface area contributed by atoms with Gasteiger partial charge in [0.1, 0.15) is 5.76 Å². The predicted octanol–water partition coefficient (Wildman–Crippen LogP) is 3.19. The molecular formula is C21H24N2O4S. The van der Waals surface area contributed by atoms with Crippen molar-refractivity contribution in [1.82, 2.24) is 9.62 Å². The van der Waals surface area contributed by atoms with Gasteiger partial charge in [0.15, 0.2) is 0 Å². The van der Waals surface area contributed by atoms with Gasteiger partial charge in [0.2, 0.25) is 15.9 Å². The summed E-state index contributed by atoms with van der Waals surface area (Å²) >= 11 is 0. The van der Waals surface area contributed by atoms with E-state index >= 15 is 0 Å². The van der Waals surface area contributed by atoms with Gasteiger partial charge in [-0.25, -0.2) is 8.42 Å². The van der Waals surface area contributed by atoms with Gasteiger partial charge >= 0.3 is 0 Å². The highest BCUT2D eigenvalue weighted by Crippen LogP contribution is 2.21. The Balaban J connectivity index is 1.60. The lowest BCUT2D eigenvalue weighted by molar-refractivity contribution is -0.121. The van der Waals surface area contributed by atoms with Crippen LogP contribution in [-0.2, 0) is 21.2 Å². The minimum atomic E-state index is -3.75. The molecule has 3 aromatic rings. The van der Waals surface area contributed by atoms with Crippen LogP contribution < -0.4 is 5.32 Å². The van der Waals surface area contributed by atoms with E-state index in [0.717, 1.165) is 20.8 Å².